The van der Waals surface area contributed by atoms with Gasteiger partial charge in [0.25, 0.3) is 0 Å². The molecule has 0 unspecified atom stereocenters. The molecule has 5 heteroatoms. The second-order valence-corrected chi connectivity index (χ2v) is 2.99. The monoisotopic (exact) mass is 199 g/mol. The van der Waals surface area contributed by atoms with E-state index in [1.54, 1.807) is 0 Å². The predicted octanol–water partition coefficient (Wildman–Crippen LogP) is 0.186. The number of hydrogen-bond donors (Lipinski definition) is 5. The first-order chi connectivity index (χ1) is 6.57. The third-order valence-corrected chi connectivity index (χ3v) is 2.00. The first-order valence-electron chi connectivity index (χ1n) is 4.18. The highest BCUT2D eigenvalue weighted by molar-refractivity contribution is 5.53. The Morgan fingerprint density at radius 1 is 1.14 bits per heavy atom. The van der Waals surface area contributed by atoms with Gasteiger partial charge >= 0.3 is 0 Å². The summed E-state index contributed by atoms with van der Waals surface area (Å²) in [6, 6.07) is 2.08. The average Bonchev–Trinajstić information content (AvgIpc) is 2.15. The summed E-state index contributed by atoms with van der Waals surface area (Å²) < 4.78 is 0. The fraction of sp³-hybridized carbons (Fsp3) is 0.333. The Labute approximate surface area is 81.0 Å². The molecule has 0 saturated heterocycles. The summed E-state index contributed by atoms with van der Waals surface area (Å²) in [5.74, 6) is -1.43. The smallest absolute Gasteiger partial charge is 0.200 e. The molecule has 0 aliphatic rings. The van der Waals surface area contributed by atoms with Gasteiger partial charge in [0, 0.05) is 18.2 Å². The van der Waals surface area contributed by atoms with Crippen molar-refractivity contribution in [3.63, 3.8) is 0 Å². The zero-order chi connectivity index (χ0) is 10.7. The van der Waals surface area contributed by atoms with Gasteiger partial charge in [0.1, 0.15) is 0 Å². The molecular formula is C9H13NO4. The van der Waals surface area contributed by atoms with Crippen LogP contribution in [0.25, 0.3) is 0 Å². The van der Waals surface area contributed by atoms with Crippen LogP contribution in [-0.4, -0.2) is 27.0 Å². The third kappa shape index (κ3) is 1.89. The van der Waals surface area contributed by atoms with Crippen molar-refractivity contribution in [3.8, 4) is 17.2 Å². The van der Waals surface area contributed by atoms with E-state index >= 15 is 0 Å². The number of phenols is 3. The maximum absolute atomic E-state index is 9.40. The van der Waals surface area contributed by atoms with Gasteiger partial charge in [0.05, 0.1) is 0 Å². The van der Waals surface area contributed by atoms with Gasteiger partial charge in [0.15, 0.2) is 11.5 Å². The van der Waals surface area contributed by atoms with Crippen molar-refractivity contribution in [1.82, 2.24) is 0 Å². The zero-order valence-electron chi connectivity index (χ0n) is 7.51. The van der Waals surface area contributed by atoms with Crippen LogP contribution in [0.5, 0.6) is 17.2 Å². The molecular weight excluding hydrogens is 186 g/mol. The lowest BCUT2D eigenvalue weighted by Crippen LogP contribution is -2.11. The van der Waals surface area contributed by atoms with Gasteiger partial charge in [-0.3, -0.25) is 0 Å². The maximum atomic E-state index is 9.40. The van der Waals surface area contributed by atoms with Crippen molar-refractivity contribution in [1.29, 1.82) is 0 Å². The lowest BCUT2D eigenvalue weighted by atomic mass is 10.0. The van der Waals surface area contributed by atoms with Gasteiger partial charge in [-0.25, -0.2) is 0 Å². The molecule has 0 aromatic heterocycles. The summed E-state index contributed by atoms with van der Waals surface area (Å²) in [5.41, 5.74) is 5.91. The minimum absolute atomic E-state index is 0.109. The van der Waals surface area contributed by atoms with Crippen molar-refractivity contribution in [2.75, 3.05) is 6.61 Å². The van der Waals surface area contributed by atoms with Crippen LogP contribution in [0.15, 0.2) is 12.1 Å². The predicted molar refractivity (Wildman–Crippen MR) is 50.1 cm³/mol. The molecule has 1 aromatic carbocycles. The molecule has 6 N–H and O–H groups in total. The summed E-state index contributed by atoms with van der Waals surface area (Å²) in [6.07, 6.45) is 0.276. The number of hydrogen-bond acceptors (Lipinski definition) is 5. The number of nitrogens with two attached hydrogens (primary N) is 1. The molecule has 0 aliphatic heterocycles. The standard InChI is InChI=1S/C9H13NO4/c10-6(3-4-11)5-1-2-7(12)9(14)8(5)13/h1-2,6,11-14H,3-4,10H2/t6-/m1/s1. The van der Waals surface area contributed by atoms with Gasteiger partial charge in [-0.15, -0.1) is 0 Å². The fourth-order valence-corrected chi connectivity index (χ4v) is 1.18. The normalized spacial score (nSPS) is 12.7. The molecule has 5 nitrogen and oxygen atoms in total. The molecule has 78 valence electrons. The lowest BCUT2D eigenvalue weighted by Gasteiger charge is -2.13. The van der Waals surface area contributed by atoms with E-state index in [0.717, 1.165) is 0 Å². The van der Waals surface area contributed by atoms with E-state index in [4.69, 9.17) is 15.9 Å². The molecule has 0 heterocycles. The summed E-state index contributed by atoms with van der Waals surface area (Å²) in [6.45, 7) is -0.109. The van der Waals surface area contributed by atoms with Crippen LogP contribution in [0.1, 0.15) is 18.0 Å². The fourth-order valence-electron chi connectivity index (χ4n) is 1.18. The van der Waals surface area contributed by atoms with Crippen LogP contribution in [0.4, 0.5) is 0 Å². The van der Waals surface area contributed by atoms with E-state index < -0.39 is 23.3 Å². The second-order valence-electron chi connectivity index (χ2n) is 2.99. The number of benzene rings is 1. The van der Waals surface area contributed by atoms with Crippen molar-refractivity contribution in [2.45, 2.75) is 12.5 Å². The minimum Gasteiger partial charge on any atom is -0.504 e. The summed E-state index contributed by atoms with van der Waals surface area (Å²) >= 11 is 0. The third-order valence-electron chi connectivity index (χ3n) is 2.00. The highest BCUT2D eigenvalue weighted by Crippen LogP contribution is 2.39. The highest BCUT2D eigenvalue weighted by Gasteiger charge is 2.15. The number of aromatic hydroxyl groups is 3. The van der Waals surface area contributed by atoms with Crippen molar-refractivity contribution >= 4 is 0 Å². The maximum Gasteiger partial charge on any atom is 0.200 e. The quantitative estimate of drug-likeness (QED) is 0.446. The van der Waals surface area contributed by atoms with E-state index in [0.29, 0.717) is 5.56 Å². The molecule has 1 rings (SSSR count). The van der Waals surface area contributed by atoms with Crippen molar-refractivity contribution in [2.24, 2.45) is 5.73 Å². The van der Waals surface area contributed by atoms with E-state index in [-0.39, 0.29) is 13.0 Å². The van der Waals surface area contributed by atoms with Crippen molar-refractivity contribution in [3.05, 3.63) is 17.7 Å². The summed E-state index contributed by atoms with van der Waals surface area (Å²) in [4.78, 5) is 0. The van der Waals surface area contributed by atoms with Crippen LogP contribution in [0.3, 0.4) is 0 Å². The molecule has 14 heavy (non-hydrogen) atoms. The Kier molecular flexibility index (Phi) is 3.16. The van der Waals surface area contributed by atoms with Gasteiger partial charge < -0.3 is 26.2 Å². The first-order valence-corrected chi connectivity index (χ1v) is 4.18. The van der Waals surface area contributed by atoms with E-state index in [2.05, 4.69) is 0 Å². The van der Waals surface area contributed by atoms with Crippen molar-refractivity contribution < 1.29 is 20.4 Å². The van der Waals surface area contributed by atoms with Gasteiger partial charge in [-0.1, -0.05) is 0 Å². The summed E-state index contributed by atoms with van der Waals surface area (Å²) in [7, 11) is 0. The molecule has 0 bridgehead atoms. The zero-order valence-corrected chi connectivity index (χ0v) is 7.51. The molecule has 0 fully saturated rings. The summed E-state index contributed by atoms with van der Waals surface area (Å²) in [5, 5.41) is 36.3. The molecule has 1 atom stereocenters. The largest absolute Gasteiger partial charge is 0.504 e. The second kappa shape index (κ2) is 4.17. The Bertz CT molecular complexity index is 327. The van der Waals surface area contributed by atoms with Crippen LogP contribution >= 0.6 is 0 Å². The SMILES string of the molecule is N[C@H](CCO)c1ccc(O)c(O)c1O. The van der Waals surface area contributed by atoms with Gasteiger partial charge in [0.2, 0.25) is 5.75 Å². The Morgan fingerprint density at radius 2 is 1.79 bits per heavy atom. The molecule has 0 saturated carbocycles. The number of aliphatic hydroxyl groups is 1. The molecule has 0 aliphatic carbocycles. The van der Waals surface area contributed by atoms with E-state index in [9.17, 15) is 10.2 Å². The highest BCUT2D eigenvalue weighted by atomic mass is 16.3. The topological polar surface area (TPSA) is 107 Å². The average molecular weight is 199 g/mol. The van der Waals surface area contributed by atoms with Crippen LogP contribution < -0.4 is 5.73 Å². The first kappa shape index (κ1) is 10.6. The molecule has 0 spiro atoms. The van der Waals surface area contributed by atoms with Crippen LogP contribution in [-0.2, 0) is 0 Å². The molecule has 0 amide bonds. The van der Waals surface area contributed by atoms with E-state index in [1.807, 2.05) is 0 Å². The Morgan fingerprint density at radius 3 is 2.36 bits per heavy atom. The number of aliphatic hydroxyl groups excluding tert-OH is 1. The number of phenolic OH excluding ortho intramolecular Hbond substituents is 3. The Balaban J connectivity index is 3.04. The van der Waals surface area contributed by atoms with Gasteiger partial charge in [-0.2, -0.15) is 0 Å². The number of rotatable bonds is 3. The molecule has 0 radical (unpaired) electrons. The Hall–Kier alpha value is -1.46. The van der Waals surface area contributed by atoms with Gasteiger partial charge in [-0.05, 0) is 18.6 Å². The van der Waals surface area contributed by atoms with E-state index in [1.165, 1.54) is 12.1 Å². The van der Waals surface area contributed by atoms with Crippen LogP contribution in [0.2, 0.25) is 0 Å². The van der Waals surface area contributed by atoms with Crippen LogP contribution in [0, 0.1) is 0 Å². The molecule has 1 aromatic rings. The minimum atomic E-state index is -0.587. The lowest BCUT2D eigenvalue weighted by molar-refractivity contribution is 0.274.